The molecule has 0 aliphatic carbocycles. The Balaban J connectivity index is 2.30. The fourth-order valence-electron chi connectivity index (χ4n) is 2.58. The summed E-state index contributed by atoms with van der Waals surface area (Å²) in [5, 5.41) is 5.83. The van der Waals surface area contributed by atoms with Crippen LogP contribution in [0.2, 0.25) is 0 Å². The number of benzene rings is 1. The highest BCUT2D eigenvalue weighted by molar-refractivity contribution is 7.89. The third kappa shape index (κ3) is 6.42. The maximum Gasteiger partial charge on any atom is 0.271 e. The van der Waals surface area contributed by atoms with Crippen molar-refractivity contribution in [1.29, 1.82) is 0 Å². The molecule has 2 rings (SSSR count). The Morgan fingerprint density at radius 2 is 1.76 bits per heavy atom. The summed E-state index contributed by atoms with van der Waals surface area (Å²) in [6.45, 7) is 3.65. The zero-order valence-corrected chi connectivity index (χ0v) is 17.2. The molecule has 0 aliphatic rings. The molecule has 29 heavy (non-hydrogen) atoms. The number of sulfone groups is 1. The van der Waals surface area contributed by atoms with E-state index in [-0.39, 0.29) is 29.0 Å². The summed E-state index contributed by atoms with van der Waals surface area (Å²) in [6, 6.07) is 5.91. The van der Waals surface area contributed by atoms with E-state index < -0.39 is 27.7 Å². The quantitative estimate of drug-likeness (QED) is 0.461. The Hall–Kier alpha value is -3.21. The van der Waals surface area contributed by atoms with E-state index in [2.05, 4.69) is 20.6 Å². The van der Waals surface area contributed by atoms with Crippen molar-refractivity contribution in [3.63, 3.8) is 0 Å². The summed E-state index contributed by atoms with van der Waals surface area (Å²) in [6.07, 6.45) is 2.45. The first kappa shape index (κ1) is 22.1. The van der Waals surface area contributed by atoms with Gasteiger partial charge in [-0.3, -0.25) is 9.59 Å². The zero-order valence-electron chi connectivity index (χ0n) is 16.3. The third-order valence-electron chi connectivity index (χ3n) is 3.93. The van der Waals surface area contributed by atoms with Gasteiger partial charge in [0.15, 0.2) is 21.3 Å². The van der Waals surface area contributed by atoms with Gasteiger partial charge in [0.25, 0.3) is 5.91 Å². The van der Waals surface area contributed by atoms with Crippen LogP contribution in [0.4, 0.5) is 17.3 Å². The first-order chi connectivity index (χ1) is 13.5. The van der Waals surface area contributed by atoms with Crippen LogP contribution in [-0.4, -0.2) is 42.5 Å². The molecule has 0 fully saturated rings. The van der Waals surface area contributed by atoms with Gasteiger partial charge < -0.3 is 22.1 Å². The Morgan fingerprint density at radius 3 is 2.24 bits per heavy atom. The Kier molecular flexibility index (Phi) is 6.75. The first-order valence-electron chi connectivity index (χ1n) is 8.72. The summed E-state index contributed by atoms with van der Waals surface area (Å²) in [5.74, 6) is -1.17. The van der Waals surface area contributed by atoms with E-state index in [4.69, 9.17) is 11.5 Å². The van der Waals surface area contributed by atoms with Crippen LogP contribution in [0.25, 0.3) is 0 Å². The van der Waals surface area contributed by atoms with E-state index >= 15 is 0 Å². The summed E-state index contributed by atoms with van der Waals surface area (Å²) < 4.78 is 22.8. The van der Waals surface area contributed by atoms with Gasteiger partial charge in [-0.15, -0.1) is 0 Å². The van der Waals surface area contributed by atoms with Gasteiger partial charge in [0.2, 0.25) is 5.91 Å². The molecule has 1 unspecified atom stereocenters. The van der Waals surface area contributed by atoms with Gasteiger partial charge in [-0.2, -0.15) is 0 Å². The van der Waals surface area contributed by atoms with Crippen molar-refractivity contribution in [3.8, 4) is 0 Å². The molecular weight excluding hydrogens is 396 g/mol. The van der Waals surface area contributed by atoms with Crippen LogP contribution in [-0.2, 0) is 20.4 Å². The summed E-state index contributed by atoms with van der Waals surface area (Å²) >= 11 is 0. The fraction of sp³-hybridized carbons (Fsp3) is 0.333. The molecule has 0 spiro atoms. The van der Waals surface area contributed by atoms with E-state index in [1.165, 1.54) is 6.20 Å². The lowest BCUT2D eigenvalue weighted by molar-refractivity contribution is -0.119. The van der Waals surface area contributed by atoms with E-state index in [1.807, 2.05) is 13.8 Å². The average Bonchev–Trinajstić information content (AvgIpc) is 2.59. The number of hydrogen-bond donors (Lipinski definition) is 4. The number of hydrogen-bond acceptors (Lipinski definition) is 8. The fourth-order valence-corrected chi connectivity index (χ4v) is 3.37. The van der Waals surface area contributed by atoms with Crippen LogP contribution in [0, 0.1) is 5.92 Å². The minimum atomic E-state index is -3.15. The monoisotopic (exact) mass is 420 g/mol. The third-order valence-corrected chi connectivity index (χ3v) is 4.79. The lowest BCUT2D eigenvalue weighted by Crippen LogP contribution is -2.39. The second-order valence-electron chi connectivity index (χ2n) is 6.98. The number of nitrogens with one attached hydrogen (secondary N) is 2. The molecular formula is C18H24N6O4S. The predicted octanol–water partition coefficient (Wildman–Crippen LogP) is 0.786. The number of carbonyl (C=O) groups is 2. The molecule has 1 aromatic heterocycles. The SMILES string of the molecule is CC(C)C(Nc1cnc(C(N)=O)c(Nc2ccc(CS(C)(=O)=O)cc2)n1)C(N)=O. The summed E-state index contributed by atoms with van der Waals surface area (Å²) in [7, 11) is -3.15. The molecule has 6 N–H and O–H groups in total. The molecule has 2 amide bonds. The topological polar surface area (TPSA) is 170 Å². The van der Waals surface area contributed by atoms with E-state index in [1.54, 1.807) is 24.3 Å². The second kappa shape index (κ2) is 8.86. The van der Waals surface area contributed by atoms with E-state index in [9.17, 15) is 18.0 Å². The number of anilines is 3. The van der Waals surface area contributed by atoms with Crippen molar-refractivity contribution in [2.24, 2.45) is 17.4 Å². The molecule has 11 heteroatoms. The molecule has 1 aromatic carbocycles. The second-order valence-corrected chi connectivity index (χ2v) is 9.12. The number of amides is 2. The number of primary amides is 2. The van der Waals surface area contributed by atoms with Crippen LogP contribution in [0.1, 0.15) is 29.9 Å². The maximum absolute atomic E-state index is 11.7. The summed E-state index contributed by atoms with van der Waals surface area (Å²) in [4.78, 5) is 31.6. The molecule has 10 nitrogen and oxygen atoms in total. The average molecular weight is 420 g/mol. The van der Waals surface area contributed by atoms with Crippen LogP contribution in [0.3, 0.4) is 0 Å². The van der Waals surface area contributed by atoms with Gasteiger partial charge in [-0.25, -0.2) is 18.4 Å². The minimum absolute atomic E-state index is 0.0806. The smallest absolute Gasteiger partial charge is 0.271 e. The number of rotatable bonds is 9. The highest BCUT2D eigenvalue weighted by Crippen LogP contribution is 2.21. The molecule has 0 radical (unpaired) electrons. The van der Waals surface area contributed by atoms with Gasteiger partial charge in [0, 0.05) is 11.9 Å². The van der Waals surface area contributed by atoms with Gasteiger partial charge in [0.1, 0.15) is 11.9 Å². The molecule has 0 aliphatic heterocycles. The Morgan fingerprint density at radius 1 is 1.14 bits per heavy atom. The van der Waals surface area contributed by atoms with Crippen molar-refractivity contribution in [2.45, 2.75) is 25.6 Å². The number of carbonyl (C=O) groups excluding carboxylic acids is 2. The van der Waals surface area contributed by atoms with E-state index in [0.29, 0.717) is 11.3 Å². The molecule has 0 saturated carbocycles. The van der Waals surface area contributed by atoms with Crippen molar-refractivity contribution in [2.75, 3.05) is 16.9 Å². The van der Waals surface area contributed by atoms with Crippen molar-refractivity contribution in [1.82, 2.24) is 9.97 Å². The highest BCUT2D eigenvalue weighted by atomic mass is 32.2. The predicted molar refractivity (Wildman–Crippen MR) is 110 cm³/mol. The minimum Gasteiger partial charge on any atom is -0.368 e. The molecule has 0 bridgehead atoms. The normalized spacial score (nSPS) is 12.4. The maximum atomic E-state index is 11.7. The number of nitrogens with two attached hydrogens (primary N) is 2. The first-order valence-corrected chi connectivity index (χ1v) is 10.8. The molecule has 156 valence electrons. The lowest BCUT2D eigenvalue weighted by Gasteiger charge is -2.20. The van der Waals surface area contributed by atoms with Gasteiger partial charge >= 0.3 is 0 Å². The molecule has 0 saturated heterocycles. The van der Waals surface area contributed by atoms with Crippen LogP contribution < -0.4 is 22.1 Å². The van der Waals surface area contributed by atoms with Gasteiger partial charge in [-0.1, -0.05) is 26.0 Å². The Bertz CT molecular complexity index is 1010. The molecule has 2 aromatic rings. The van der Waals surface area contributed by atoms with Crippen molar-refractivity contribution >= 4 is 39.0 Å². The van der Waals surface area contributed by atoms with Gasteiger partial charge in [0.05, 0.1) is 11.9 Å². The number of aromatic nitrogens is 2. The molecule has 1 heterocycles. The summed E-state index contributed by atoms with van der Waals surface area (Å²) in [5.41, 5.74) is 11.8. The molecule has 1 atom stereocenters. The van der Waals surface area contributed by atoms with Crippen LogP contribution in [0.15, 0.2) is 30.5 Å². The van der Waals surface area contributed by atoms with Crippen molar-refractivity contribution in [3.05, 3.63) is 41.7 Å². The van der Waals surface area contributed by atoms with E-state index in [0.717, 1.165) is 6.26 Å². The Labute approximate surface area is 169 Å². The lowest BCUT2D eigenvalue weighted by atomic mass is 10.0. The highest BCUT2D eigenvalue weighted by Gasteiger charge is 2.21. The zero-order chi connectivity index (χ0) is 21.8. The van der Waals surface area contributed by atoms with Crippen molar-refractivity contribution < 1.29 is 18.0 Å². The number of nitrogens with zero attached hydrogens (tertiary/aromatic N) is 2. The standard InChI is InChI=1S/C18H24N6O4S/c1-10(2)14(16(19)25)23-13-8-21-15(17(20)26)18(24-13)22-12-6-4-11(5-7-12)9-29(3,27)28/h4-8,10,14H,9H2,1-3H3,(H2,19,25)(H2,20,26)(H2,22,23,24). The van der Waals surface area contributed by atoms with Crippen LogP contribution in [0.5, 0.6) is 0 Å². The largest absolute Gasteiger partial charge is 0.368 e. The van der Waals surface area contributed by atoms with Gasteiger partial charge in [-0.05, 0) is 23.6 Å². The van der Waals surface area contributed by atoms with Crippen LogP contribution >= 0.6 is 0 Å².